The first-order valence-electron chi connectivity index (χ1n) is 6.65. The molecule has 1 aromatic rings. The summed E-state index contributed by atoms with van der Waals surface area (Å²) in [6, 6.07) is 8.78. The van der Waals surface area contributed by atoms with Crippen molar-refractivity contribution in [3.63, 3.8) is 0 Å². The molecule has 0 saturated heterocycles. The van der Waals surface area contributed by atoms with Crippen LogP contribution in [0.5, 0.6) is 0 Å². The maximum absolute atomic E-state index is 3.52. The lowest BCUT2D eigenvalue weighted by atomic mass is 9.85. The van der Waals surface area contributed by atoms with Crippen molar-refractivity contribution >= 4 is 5.69 Å². The van der Waals surface area contributed by atoms with Gasteiger partial charge < -0.3 is 5.32 Å². The number of benzene rings is 1. The molecule has 1 heterocycles. The molecule has 1 N–H and O–H groups in total. The summed E-state index contributed by atoms with van der Waals surface area (Å²) >= 11 is 0. The van der Waals surface area contributed by atoms with E-state index >= 15 is 0 Å². The third-order valence-corrected chi connectivity index (χ3v) is 3.82. The summed E-state index contributed by atoms with van der Waals surface area (Å²) in [5.41, 5.74) is 2.89. The van der Waals surface area contributed by atoms with Gasteiger partial charge in [0.15, 0.2) is 0 Å². The zero-order chi connectivity index (χ0) is 11.4. The topological polar surface area (TPSA) is 12.0 Å². The maximum atomic E-state index is 3.52. The average molecular weight is 217 g/mol. The molecule has 2 atom stereocenters. The van der Waals surface area contributed by atoms with Crippen molar-refractivity contribution < 1.29 is 0 Å². The van der Waals surface area contributed by atoms with Crippen LogP contribution in [-0.2, 0) is 0 Å². The number of nitrogens with one attached hydrogen (secondary N) is 1. The van der Waals surface area contributed by atoms with Crippen LogP contribution in [-0.4, -0.2) is 6.54 Å². The standard InChI is InChI=1S/C15H23N/c1-3-4-5-8-12(2)14-11-16-15-10-7-6-9-13(14)15/h6-7,9-10,12,14,16H,3-5,8,11H2,1-2H3. The molecular formula is C15H23N. The molecule has 1 heteroatoms. The molecule has 0 aliphatic carbocycles. The smallest absolute Gasteiger partial charge is 0.0376 e. The van der Waals surface area contributed by atoms with Crippen LogP contribution in [0.25, 0.3) is 0 Å². The minimum absolute atomic E-state index is 0.730. The Hall–Kier alpha value is -0.980. The molecule has 2 rings (SSSR count). The molecule has 0 fully saturated rings. The van der Waals surface area contributed by atoms with Crippen molar-refractivity contribution in [1.82, 2.24) is 0 Å². The zero-order valence-corrected chi connectivity index (χ0v) is 10.5. The number of fused-ring (bicyclic) bond motifs is 1. The Kier molecular flexibility index (Phi) is 3.87. The molecule has 0 radical (unpaired) electrons. The quantitative estimate of drug-likeness (QED) is 0.720. The minimum atomic E-state index is 0.730. The van der Waals surface area contributed by atoms with Gasteiger partial charge in [-0.15, -0.1) is 0 Å². The van der Waals surface area contributed by atoms with Crippen LogP contribution in [0.3, 0.4) is 0 Å². The van der Waals surface area contributed by atoms with Gasteiger partial charge in [0.1, 0.15) is 0 Å². The molecule has 0 aromatic heterocycles. The van der Waals surface area contributed by atoms with Crippen LogP contribution >= 0.6 is 0 Å². The summed E-state index contributed by atoms with van der Waals surface area (Å²) in [5.74, 6) is 1.54. The summed E-state index contributed by atoms with van der Waals surface area (Å²) in [6.07, 6.45) is 5.46. The van der Waals surface area contributed by atoms with E-state index in [0.29, 0.717) is 0 Å². The van der Waals surface area contributed by atoms with Gasteiger partial charge >= 0.3 is 0 Å². The summed E-state index contributed by atoms with van der Waals surface area (Å²) in [5, 5.41) is 3.52. The van der Waals surface area contributed by atoms with Crippen LogP contribution < -0.4 is 5.32 Å². The van der Waals surface area contributed by atoms with Crippen LogP contribution in [0.15, 0.2) is 24.3 Å². The molecule has 16 heavy (non-hydrogen) atoms. The van der Waals surface area contributed by atoms with E-state index in [2.05, 4.69) is 43.4 Å². The zero-order valence-electron chi connectivity index (χ0n) is 10.5. The van der Waals surface area contributed by atoms with Gasteiger partial charge in [0.2, 0.25) is 0 Å². The average Bonchev–Trinajstić information content (AvgIpc) is 2.73. The van der Waals surface area contributed by atoms with Gasteiger partial charge in [0.25, 0.3) is 0 Å². The summed E-state index contributed by atoms with van der Waals surface area (Å²) in [6.45, 7) is 5.81. The summed E-state index contributed by atoms with van der Waals surface area (Å²) < 4.78 is 0. The van der Waals surface area contributed by atoms with Crippen LogP contribution in [0.1, 0.15) is 51.0 Å². The minimum Gasteiger partial charge on any atom is -0.384 e. The third-order valence-electron chi connectivity index (χ3n) is 3.82. The largest absolute Gasteiger partial charge is 0.384 e. The summed E-state index contributed by atoms with van der Waals surface area (Å²) in [4.78, 5) is 0. The molecule has 0 spiro atoms. The van der Waals surface area contributed by atoms with Crippen molar-refractivity contribution in [3.05, 3.63) is 29.8 Å². The second-order valence-electron chi connectivity index (χ2n) is 5.05. The highest BCUT2D eigenvalue weighted by atomic mass is 14.9. The Labute approximate surface area is 99.3 Å². The second-order valence-corrected chi connectivity index (χ2v) is 5.05. The van der Waals surface area contributed by atoms with Gasteiger partial charge in [-0.25, -0.2) is 0 Å². The van der Waals surface area contributed by atoms with Crippen molar-refractivity contribution in [2.24, 2.45) is 5.92 Å². The third kappa shape index (κ3) is 2.40. The lowest BCUT2D eigenvalue weighted by Gasteiger charge is -2.19. The van der Waals surface area contributed by atoms with Crippen LogP contribution in [0.2, 0.25) is 0 Å². The van der Waals surface area contributed by atoms with E-state index in [9.17, 15) is 0 Å². The molecule has 88 valence electrons. The van der Waals surface area contributed by atoms with Crippen LogP contribution in [0, 0.1) is 5.92 Å². The van der Waals surface area contributed by atoms with Gasteiger partial charge in [-0.1, -0.05) is 57.7 Å². The monoisotopic (exact) mass is 217 g/mol. The Morgan fingerprint density at radius 2 is 2.12 bits per heavy atom. The van der Waals surface area contributed by atoms with Gasteiger partial charge in [-0.05, 0) is 17.5 Å². The predicted octanol–water partition coefficient (Wildman–Crippen LogP) is 4.41. The first-order valence-corrected chi connectivity index (χ1v) is 6.65. The fourth-order valence-corrected chi connectivity index (χ4v) is 2.74. The highest BCUT2D eigenvalue weighted by Crippen LogP contribution is 2.37. The molecule has 0 amide bonds. The normalized spacial score (nSPS) is 20.2. The first kappa shape index (κ1) is 11.5. The Balaban J connectivity index is 1.96. The molecule has 1 aromatic carbocycles. The first-order chi connectivity index (χ1) is 7.83. The number of hydrogen-bond acceptors (Lipinski definition) is 1. The predicted molar refractivity (Wildman–Crippen MR) is 71.0 cm³/mol. The van der Waals surface area contributed by atoms with Crippen molar-refractivity contribution in [3.8, 4) is 0 Å². The Bertz CT molecular complexity index is 332. The fraction of sp³-hybridized carbons (Fsp3) is 0.600. The van der Waals surface area contributed by atoms with Gasteiger partial charge in [-0.3, -0.25) is 0 Å². The Morgan fingerprint density at radius 1 is 1.31 bits per heavy atom. The van der Waals surface area contributed by atoms with Crippen molar-refractivity contribution in [2.75, 3.05) is 11.9 Å². The molecule has 1 aliphatic heterocycles. The van der Waals surface area contributed by atoms with Gasteiger partial charge in [0.05, 0.1) is 0 Å². The number of para-hydroxylation sites is 1. The maximum Gasteiger partial charge on any atom is 0.0376 e. The highest BCUT2D eigenvalue weighted by molar-refractivity contribution is 5.57. The van der Waals surface area contributed by atoms with E-state index < -0.39 is 0 Å². The number of anilines is 1. The SMILES string of the molecule is CCCCCC(C)C1CNc2ccccc21. The second kappa shape index (κ2) is 5.38. The Morgan fingerprint density at radius 3 is 2.94 bits per heavy atom. The molecular weight excluding hydrogens is 194 g/mol. The molecule has 1 aliphatic rings. The summed E-state index contributed by atoms with van der Waals surface area (Å²) in [7, 11) is 0. The van der Waals surface area contributed by atoms with E-state index in [4.69, 9.17) is 0 Å². The van der Waals surface area contributed by atoms with E-state index in [-0.39, 0.29) is 0 Å². The lowest BCUT2D eigenvalue weighted by molar-refractivity contribution is 0.430. The van der Waals surface area contributed by atoms with Crippen molar-refractivity contribution in [2.45, 2.75) is 45.4 Å². The molecule has 1 nitrogen and oxygen atoms in total. The fourth-order valence-electron chi connectivity index (χ4n) is 2.74. The van der Waals surface area contributed by atoms with Gasteiger partial charge in [-0.2, -0.15) is 0 Å². The number of unbranched alkanes of at least 4 members (excludes halogenated alkanes) is 2. The van der Waals surface area contributed by atoms with E-state index in [1.807, 2.05) is 0 Å². The molecule has 2 unspecified atom stereocenters. The number of rotatable bonds is 5. The van der Waals surface area contributed by atoms with E-state index in [1.54, 1.807) is 0 Å². The van der Waals surface area contributed by atoms with Crippen molar-refractivity contribution in [1.29, 1.82) is 0 Å². The highest BCUT2D eigenvalue weighted by Gasteiger charge is 2.25. The van der Waals surface area contributed by atoms with E-state index in [0.717, 1.165) is 18.4 Å². The van der Waals surface area contributed by atoms with Gasteiger partial charge in [0, 0.05) is 18.2 Å². The van der Waals surface area contributed by atoms with E-state index in [1.165, 1.54) is 36.9 Å². The lowest BCUT2D eigenvalue weighted by Crippen LogP contribution is -2.12. The molecule has 0 bridgehead atoms. The van der Waals surface area contributed by atoms with Crippen LogP contribution in [0.4, 0.5) is 5.69 Å². The molecule has 0 saturated carbocycles. The number of hydrogen-bond donors (Lipinski definition) is 1.